The van der Waals surface area contributed by atoms with Crippen LogP contribution in [0.25, 0.3) is 0 Å². The van der Waals surface area contributed by atoms with Gasteiger partial charge in [-0.15, -0.1) is 0 Å². The van der Waals surface area contributed by atoms with Crippen molar-refractivity contribution in [3.63, 3.8) is 0 Å². The number of nitrogens with two attached hydrogens (primary N) is 2. The molecule has 1 aliphatic heterocycles. The Morgan fingerprint density at radius 3 is 2.65 bits per heavy atom. The zero-order valence-corrected chi connectivity index (χ0v) is 11.2. The second-order valence-corrected chi connectivity index (χ2v) is 4.82. The lowest BCUT2D eigenvalue weighted by molar-refractivity contribution is 0.767. The number of rotatable bonds is 3. The first-order valence-electron chi connectivity index (χ1n) is 6.37. The molecular formula is C11H17N9. The van der Waals surface area contributed by atoms with Crippen LogP contribution in [0.5, 0.6) is 0 Å². The van der Waals surface area contributed by atoms with Gasteiger partial charge in [-0.1, -0.05) is 0 Å². The molecule has 1 aliphatic rings. The topological polar surface area (TPSA) is 124 Å². The van der Waals surface area contributed by atoms with Crippen LogP contribution in [-0.2, 0) is 7.05 Å². The Bertz CT molecular complexity index is 587. The number of aromatic nitrogens is 5. The van der Waals surface area contributed by atoms with E-state index in [4.69, 9.17) is 11.5 Å². The van der Waals surface area contributed by atoms with Crippen molar-refractivity contribution in [1.82, 2.24) is 24.7 Å². The molecule has 0 saturated carbocycles. The fourth-order valence-corrected chi connectivity index (χ4v) is 2.34. The van der Waals surface area contributed by atoms with Crippen molar-refractivity contribution < 1.29 is 0 Å². The predicted octanol–water partition coefficient (Wildman–Crippen LogP) is -0.540. The number of nitrogen functional groups attached to an aromatic ring is 2. The molecule has 3 rings (SSSR count). The molecule has 0 aliphatic carbocycles. The SMILES string of the molecule is Cn1cc(N2CCC(Nc3nc(N)nc(N)n3)C2)cn1. The van der Waals surface area contributed by atoms with E-state index in [1.807, 2.05) is 19.4 Å². The molecule has 2 aromatic heterocycles. The first-order valence-corrected chi connectivity index (χ1v) is 6.37. The Kier molecular flexibility index (Phi) is 3.01. The molecule has 0 spiro atoms. The van der Waals surface area contributed by atoms with E-state index in [1.54, 1.807) is 4.68 Å². The van der Waals surface area contributed by atoms with Crippen LogP contribution in [0.15, 0.2) is 12.4 Å². The summed E-state index contributed by atoms with van der Waals surface area (Å²) in [4.78, 5) is 14.1. The summed E-state index contributed by atoms with van der Waals surface area (Å²) in [6.45, 7) is 1.82. The van der Waals surface area contributed by atoms with Gasteiger partial charge in [-0.05, 0) is 6.42 Å². The molecule has 5 N–H and O–H groups in total. The lowest BCUT2D eigenvalue weighted by Crippen LogP contribution is -2.27. The monoisotopic (exact) mass is 275 g/mol. The fraction of sp³-hybridized carbons (Fsp3) is 0.455. The van der Waals surface area contributed by atoms with Gasteiger partial charge in [-0.2, -0.15) is 20.1 Å². The van der Waals surface area contributed by atoms with Gasteiger partial charge >= 0.3 is 0 Å². The maximum atomic E-state index is 5.55. The lowest BCUT2D eigenvalue weighted by atomic mass is 10.3. The summed E-state index contributed by atoms with van der Waals surface area (Å²) in [7, 11) is 1.91. The minimum Gasteiger partial charge on any atom is -0.368 e. The third-order valence-electron chi connectivity index (χ3n) is 3.25. The van der Waals surface area contributed by atoms with Gasteiger partial charge in [-0.25, -0.2) is 0 Å². The average Bonchev–Trinajstić information content (AvgIpc) is 2.96. The Morgan fingerprint density at radius 1 is 1.25 bits per heavy atom. The number of nitrogens with zero attached hydrogens (tertiary/aromatic N) is 6. The zero-order valence-electron chi connectivity index (χ0n) is 11.2. The van der Waals surface area contributed by atoms with Crippen molar-refractivity contribution in [3.05, 3.63) is 12.4 Å². The van der Waals surface area contributed by atoms with Crippen LogP contribution >= 0.6 is 0 Å². The Balaban J connectivity index is 1.65. The highest BCUT2D eigenvalue weighted by Crippen LogP contribution is 2.21. The van der Waals surface area contributed by atoms with Crippen LogP contribution in [0.3, 0.4) is 0 Å². The standard InChI is InChI=1S/C11H17N9/c1-19-6-8(4-14-19)20-3-2-7(5-20)15-11-17-9(12)16-10(13)18-11/h4,6-7H,2-3,5H2,1H3,(H5,12,13,15,16,17,18). The van der Waals surface area contributed by atoms with Gasteiger partial charge in [0.05, 0.1) is 11.9 Å². The van der Waals surface area contributed by atoms with Gasteiger partial charge in [-0.3, -0.25) is 4.68 Å². The van der Waals surface area contributed by atoms with E-state index in [0.717, 1.165) is 25.2 Å². The molecule has 9 heteroatoms. The smallest absolute Gasteiger partial charge is 0.229 e. The largest absolute Gasteiger partial charge is 0.368 e. The van der Waals surface area contributed by atoms with Crippen LogP contribution in [0.2, 0.25) is 0 Å². The van der Waals surface area contributed by atoms with E-state index in [2.05, 4.69) is 30.3 Å². The molecule has 106 valence electrons. The molecule has 9 nitrogen and oxygen atoms in total. The molecule has 0 amide bonds. The van der Waals surface area contributed by atoms with Gasteiger partial charge in [0.1, 0.15) is 0 Å². The van der Waals surface area contributed by atoms with Crippen LogP contribution in [0.1, 0.15) is 6.42 Å². The molecule has 1 saturated heterocycles. The van der Waals surface area contributed by atoms with E-state index in [-0.39, 0.29) is 17.9 Å². The molecule has 2 aromatic rings. The highest BCUT2D eigenvalue weighted by atomic mass is 15.3. The summed E-state index contributed by atoms with van der Waals surface area (Å²) in [6, 6.07) is 0.247. The number of hydrogen-bond acceptors (Lipinski definition) is 8. The summed E-state index contributed by atoms with van der Waals surface area (Å²) in [6.07, 6.45) is 4.85. The second-order valence-electron chi connectivity index (χ2n) is 4.82. The summed E-state index contributed by atoms with van der Waals surface area (Å²) in [5, 5.41) is 7.42. The highest BCUT2D eigenvalue weighted by molar-refractivity contribution is 5.45. The summed E-state index contributed by atoms with van der Waals surface area (Å²) >= 11 is 0. The average molecular weight is 275 g/mol. The Labute approximate surface area is 116 Å². The van der Waals surface area contributed by atoms with E-state index in [1.165, 1.54) is 0 Å². The number of aryl methyl sites for hydroxylation is 1. The zero-order chi connectivity index (χ0) is 14.1. The van der Waals surface area contributed by atoms with Crippen molar-refractivity contribution in [1.29, 1.82) is 0 Å². The van der Waals surface area contributed by atoms with Crippen molar-refractivity contribution in [3.8, 4) is 0 Å². The molecule has 0 bridgehead atoms. The first-order chi connectivity index (χ1) is 9.60. The van der Waals surface area contributed by atoms with Gasteiger partial charge < -0.3 is 21.7 Å². The van der Waals surface area contributed by atoms with Gasteiger partial charge in [0.2, 0.25) is 17.8 Å². The third kappa shape index (κ3) is 2.56. The van der Waals surface area contributed by atoms with Crippen molar-refractivity contribution in [2.75, 3.05) is 34.8 Å². The van der Waals surface area contributed by atoms with Crippen molar-refractivity contribution in [2.45, 2.75) is 12.5 Å². The van der Waals surface area contributed by atoms with Gasteiger partial charge in [0.25, 0.3) is 0 Å². The van der Waals surface area contributed by atoms with E-state index in [9.17, 15) is 0 Å². The molecule has 0 radical (unpaired) electrons. The number of hydrogen-bond donors (Lipinski definition) is 3. The summed E-state index contributed by atoms with van der Waals surface area (Å²) in [5.41, 5.74) is 12.2. The summed E-state index contributed by atoms with van der Waals surface area (Å²) in [5.74, 6) is 0.678. The van der Waals surface area contributed by atoms with E-state index >= 15 is 0 Å². The maximum Gasteiger partial charge on any atom is 0.229 e. The lowest BCUT2D eigenvalue weighted by Gasteiger charge is -2.16. The van der Waals surface area contributed by atoms with Crippen LogP contribution in [-0.4, -0.2) is 43.9 Å². The summed E-state index contributed by atoms with van der Waals surface area (Å²) < 4.78 is 1.80. The molecule has 20 heavy (non-hydrogen) atoms. The molecule has 1 unspecified atom stereocenters. The maximum absolute atomic E-state index is 5.55. The van der Waals surface area contributed by atoms with Crippen LogP contribution < -0.4 is 21.7 Å². The minimum atomic E-state index is 0.127. The number of anilines is 4. The number of nitrogens with one attached hydrogen (secondary N) is 1. The highest BCUT2D eigenvalue weighted by Gasteiger charge is 2.24. The minimum absolute atomic E-state index is 0.127. The van der Waals surface area contributed by atoms with Crippen molar-refractivity contribution in [2.24, 2.45) is 7.05 Å². The molecular weight excluding hydrogens is 258 g/mol. The Hall–Kier alpha value is -2.58. The quantitative estimate of drug-likeness (QED) is 0.682. The fourth-order valence-electron chi connectivity index (χ4n) is 2.34. The molecule has 3 heterocycles. The normalized spacial score (nSPS) is 18.4. The second kappa shape index (κ2) is 4.83. The van der Waals surface area contributed by atoms with Gasteiger partial charge in [0.15, 0.2) is 0 Å². The van der Waals surface area contributed by atoms with Crippen molar-refractivity contribution >= 4 is 23.5 Å². The molecule has 1 atom stereocenters. The van der Waals surface area contributed by atoms with Crippen LogP contribution in [0.4, 0.5) is 23.5 Å². The first kappa shape index (κ1) is 12.5. The van der Waals surface area contributed by atoms with E-state index in [0.29, 0.717) is 5.95 Å². The van der Waals surface area contributed by atoms with Gasteiger partial charge in [0, 0.05) is 32.4 Å². The molecule has 1 fully saturated rings. The van der Waals surface area contributed by atoms with E-state index < -0.39 is 0 Å². The van der Waals surface area contributed by atoms with Crippen LogP contribution in [0, 0.1) is 0 Å². The Morgan fingerprint density at radius 2 is 2.00 bits per heavy atom. The predicted molar refractivity (Wildman–Crippen MR) is 76.1 cm³/mol. The third-order valence-corrected chi connectivity index (χ3v) is 3.25. The molecule has 0 aromatic carbocycles.